The lowest BCUT2D eigenvalue weighted by Gasteiger charge is -2.33. The highest BCUT2D eigenvalue weighted by molar-refractivity contribution is 6.39. The first-order valence-corrected chi connectivity index (χ1v) is 9.27. The maximum absolute atomic E-state index is 12.8. The van der Waals surface area contributed by atoms with Gasteiger partial charge in [0.1, 0.15) is 23.0 Å². The molecule has 6 nitrogen and oxygen atoms in total. The van der Waals surface area contributed by atoms with E-state index in [4.69, 9.17) is 11.6 Å². The van der Waals surface area contributed by atoms with Gasteiger partial charge < -0.3 is 20.4 Å². The maximum Gasteiger partial charge on any atom is 0.193 e. The maximum atomic E-state index is 12.8. The molecule has 0 heterocycles. The average Bonchev–Trinajstić information content (AvgIpc) is 2.61. The second-order valence-electron chi connectivity index (χ2n) is 8.07. The van der Waals surface area contributed by atoms with Gasteiger partial charge in [0, 0.05) is 27.6 Å². The number of rotatable bonds is 0. The van der Waals surface area contributed by atoms with Crippen molar-refractivity contribution in [3.63, 3.8) is 0 Å². The van der Waals surface area contributed by atoms with Crippen molar-refractivity contribution in [1.29, 1.82) is 0 Å². The van der Waals surface area contributed by atoms with Crippen molar-refractivity contribution in [1.82, 2.24) is 0 Å². The Morgan fingerprint density at radius 2 is 1.45 bits per heavy atom. The van der Waals surface area contributed by atoms with Crippen molar-refractivity contribution < 1.29 is 20.4 Å². The van der Waals surface area contributed by atoms with Gasteiger partial charge in [-0.05, 0) is 43.4 Å². The van der Waals surface area contributed by atoms with Crippen molar-refractivity contribution in [3.8, 4) is 17.2 Å². The van der Waals surface area contributed by atoms with E-state index >= 15 is 0 Å². The van der Waals surface area contributed by atoms with Crippen LogP contribution in [0.4, 0.5) is 0 Å². The van der Waals surface area contributed by atoms with Crippen molar-refractivity contribution in [2.45, 2.75) is 26.2 Å². The van der Waals surface area contributed by atoms with Crippen LogP contribution < -0.4 is 16.1 Å². The van der Waals surface area contributed by atoms with E-state index in [1.807, 2.05) is 0 Å². The molecule has 5 rings (SSSR count). The molecule has 0 spiro atoms. The third kappa shape index (κ3) is 1.78. The molecule has 1 aliphatic carbocycles. The van der Waals surface area contributed by atoms with Gasteiger partial charge in [0.05, 0.1) is 21.0 Å². The van der Waals surface area contributed by atoms with Crippen molar-refractivity contribution in [3.05, 3.63) is 53.9 Å². The molecule has 0 saturated carbocycles. The van der Waals surface area contributed by atoms with Gasteiger partial charge in [-0.2, -0.15) is 0 Å². The van der Waals surface area contributed by atoms with Crippen LogP contribution in [0.3, 0.4) is 0 Å². The smallest absolute Gasteiger partial charge is 0.193 e. The first-order valence-electron chi connectivity index (χ1n) is 8.90. The standard InChI is InChI=1S/C22H15ClO6/c1-6-4-7(24)11-14-10(6)20(28)18(23)17-16(14)15-12(19(11)27)8(25)5-9(26)13(15)21(29)22(17,2)3/h4-5,25,27-29H,1-3H3. The highest BCUT2D eigenvalue weighted by Crippen LogP contribution is 2.54. The number of halogens is 1. The summed E-state index contributed by atoms with van der Waals surface area (Å²) in [6, 6.07) is 2.18. The number of aryl methyl sites for hydroxylation is 1. The van der Waals surface area contributed by atoms with E-state index in [2.05, 4.69) is 0 Å². The summed E-state index contributed by atoms with van der Waals surface area (Å²) in [6.07, 6.45) is 0. The second kappa shape index (κ2) is 5.02. The first kappa shape index (κ1) is 17.8. The molecule has 0 radical (unpaired) electrons. The Balaban J connectivity index is 2.44. The fourth-order valence-corrected chi connectivity index (χ4v) is 5.23. The van der Waals surface area contributed by atoms with Gasteiger partial charge in [0.25, 0.3) is 0 Å². The van der Waals surface area contributed by atoms with Gasteiger partial charge in [-0.15, -0.1) is 0 Å². The van der Waals surface area contributed by atoms with Crippen molar-refractivity contribution in [2.24, 2.45) is 0 Å². The lowest BCUT2D eigenvalue weighted by Crippen LogP contribution is -2.37. The highest BCUT2D eigenvalue weighted by Gasteiger charge is 2.39. The normalized spacial score (nSPS) is 15.2. The summed E-state index contributed by atoms with van der Waals surface area (Å²) in [6.45, 7) is 4.92. The van der Waals surface area contributed by atoms with E-state index in [0.29, 0.717) is 16.5 Å². The van der Waals surface area contributed by atoms with Crippen LogP contribution in [0.2, 0.25) is 5.02 Å². The number of aromatic hydroxyl groups is 3. The van der Waals surface area contributed by atoms with Crippen LogP contribution >= 0.6 is 11.6 Å². The number of phenolic OH excluding ortho intramolecular Hbond substituents is 3. The molecule has 0 aliphatic heterocycles. The SMILES string of the molecule is Cc1cc(=O)c2c(O)c3c(O)cc(=O)c4c3c3c(c(Cl)c(O)c1c23)C(C)(C)C=4O. The zero-order chi connectivity index (χ0) is 21.2. The molecule has 7 heteroatoms. The number of hydrogen-bond acceptors (Lipinski definition) is 6. The van der Waals surface area contributed by atoms with Gasteiger partial charge >= 0.3 is 0 Å². The van der Waals surface area contributed by atoms with E-state index < -0.39 is 27.8 Å². The Morgan fingerprint density at radius 1 is 0.793 bits per heavy atom. The molecular formula is C22H15ClO6. The number of phenols is 3. The summed E-state index contributed by atoms with van der Waals surface area (Å²) in [5.41, 5.74) is -1.52. The molecular weight excluding hydrogens is 396 g/mol. The number of aliphatic hydroxyl groups excluding tert-OH is 1. The van der Waals surface area contributed by atoms with E-state index in [0.717, 1.165) is 6.07 Å². The summed E-state index contributed by atoms with van der Waals surface area (Å²) in [7, 11) is 0. The largest absolute Gasteiger partial charge is 0.511 e. The fraction of sp³-hybridized carbons (Fsp3) is 0.182. The van der Waals surface area contributed by atoms with Gasteiger partial charge in [-0.3, -0.25) is 9.59 Å². The fourth-order valence-electron chi connectivity index (χ4n) is 4.80. The third-order valence-electron chi connectivity index (χ3n) is 6.10. The van der Waals surface area contributed by atoms with Crippen LogP contribution in [0.5, 0.6) is 17.2 Å². The molecule has 0 atom stereocenters. The molecule has 0 fully saturated rings. The van der Waals surface area contributed by atoms with E-state index in [9.17, 15) is 30.0 Å². The van der Waals surface area contributed by atoms with Crippen molar-refractivity contribution >= 4 is 49.7 Å². The van der Waals surface area contributed by atoms with Gasteiger partial charge in [0.15, 0.2) is 10.9 Å². The van der Waals surface area contributed by atoms with Crippen LogP contribution in [-0.4, -0.2) is 20.4 Å². The second-order valence-corrected chi connectivity index (χ2v) is 8.45. The van der Waals surface area contributed by atoms with Crippen LogP contribution in [0.15, 0.2) is 21.7 Å². The third-order valence-corrected chi connectivity index (χ3v) is 6.47. The van der Waals surface area contributed by atoms with Gasteiger partial charge in [-0.1, -0.05) is 11.6 Å². The van der Waals surface area contributed by atoms with Crippen LogP contribution in [0, 0.1) is 6.92 Å². The first-order chi connectivity index (χ1) is 13.5. The predicted molar refractivity (Wildman–Crippen MR) is 112 cm³/mol. The molecule has 0 unspecified atom stereocenters. The van der Waals surface area contributed by atoms with Crippen LogP contribution in [0.25, 0.3) is 38.1 Å². The van der Waals surface area contributed by atoms with E-state index in [1.165, 1.54) is 6.07 Å². The number of benzene rings is 4. The monoisotopic (exact) mass is 410 g/mol. The Bertz CT molecular complexity index is 1620. The molecule has 29 heavy (non-hydrogen) atoms. The molecule has 4 aromatic rings. The summed E-state index contributed by atoms with van der Waals surface area (Å²) in [5, 5.41) is 44.0. The number of hydrogen-bond donors (Lipinski definition) is 4. The zero-order valence-corrected chi connectivity index (χ0v) is 16.4. The van der Waals surface area contributed by atoms with E-state index in [-0.39, 0.29) is 48.7 Å². The zero-order valence-electron chi connectivity index (χ0n) is 15.6. The Kier molecular flexibility index (Phi) is 3.08. The lowest BCUT2D eigenvalue weighted by molar-refractivity contribution is 0.414. The quantitative estimate of drug-likeness (QED) is 0.261. The summed E-state index contributed by atoms with van der Waals surface area (Å²) in [4.78, 5) is 25.5. The summed E-state index contributed by atoms with van der Waals surface area (Å²) >= 11 is 6.54. The molecule has 146 valence electrons. The predicted octanol–water partition coefficient (Wildman–Crippen LogP) is 3.06. The highest BCUT2D eigenvalue weighted by atomic mass is 35.5. The minimum Gasteiger partial charge on any atom is -0.511 e. The Labute approximate surface area is 167 Å². The summed E-state index contributed by atoms with van der Waals surface area (Å²) < 4.78 is 0. The summed E-state index contributed by atoms with van der Waals surface area (Å²) in [5.74, 6) is -1.59. The topological polar surface area (TPSA) is 115 Å². The molecule has 0 aromatic heterocycles. The average molecular weight is 411 g/mol. The molecule has 1 aliphatic rings. The van der Waals surface area contributed by atoms with Gasteiger partial charge in [0.2, 0.25) is 0 Å². The molecule has 4 aromatic carbocycles. The lowest BCUT2D eigenvalue weighted by atomic mass is 9.72. The van der Waals surface area contributed by atoms with Crippen molar-refractivity contribution in [2.75, 3.05) is 0 Å². The van der Waals surface area contributed by atoms with E-state index in [1.54, 1.807) is 20.8 Å². The number of aliphatic hydroxyl groups is 1. The Hall–Kier alpha value is -3.25. The minimum atomic E-state index is -1.17. The molecule has 0 amide bonds. The minimum absolute atomic E-state index is 0.0227. The van der Waals surface area contributed by atoms with Gasteiger partial charge in [-0.25, -0.2) is 0 Å². The molecule has 0 saturated heterocycles. The van der Waals surface area contributed by atoms with Crippen LogP contribution in [-0.2, 0) is 5.41 Å². The Morgan fingerprint density at radius 3 is 2.10 bits per heavy atom. The molecule has 0 bridgehead atoms. The molecule has 4 N–H and O–H groups in total. The van der Waals surface area contributed by atoms with Crippen LogP contribution in [0.1, 0.15) is 25.0 Å².